The molecule has 0 aliphatic carbocycles. The predicted molar refractivity (Wildman–Crippen MR) is 259 cm³/mol. The van der Waals surface area contributed by atoms with Crippen molar-refractivity contribution in [2.75, 3.05) is 37.5 Å². The van der Waals surface area contributed by atoms with Crippen molar-refractivity contribution >= 4 is 110 Å². The van der Waals surface area contributed by atoms with Crippen molar-refractivity contribution in [2.24, 2.45) is 0 Å². The summed E-state index contributed by atoms with van der Waals surface area (Å²) in [6.07, 6.45) is 3.84. The first-order valence-corrected chi connectivity index (χ1v) is 21.7. The second-order valence-corrected chi connectivity index (χ2v) is 16.2. The third-order valence-electron chi connectivity index (χ3n) is 9.15. The molecule has 3 N–H and O–H groups in total. The fourth-order valence-corrected chi connectivity index (χ4v) is 7.76. The number of carbonyl (C=O) groups excluding carboxylic acids is 5. The van der Waals surface area contributed by atoms with E-state index in [4.69, 9.17) is 55.9 Å². The fourth-order valence-electron chi connectivity index (χ4n) is 6.01. The van der Waals surface area contributed by atoms with Crippen molar-refractivity contribution in [3.8, 4) is 0 Å². The maximum Gasteiger partial charge on any atom is 0.328 e. The van der Waals surface area contributed by atoms with Crippen LogP contribution in [-0.2, 0) is 31.9 Å². The summed E-state index contributed by atoms with van der Waals surface area (Å²) >= 11 is 26.5. The van der Waals surface area contributed by atoms with Crippen LogP contribution in [0.3, 0.4) is 0 Å². The number of nitrogens with zero attached hydrogens (tertiary/aromatic N) is 1. The molecule has 0 saturated heterocycles. The number of ether oxygens (including phenoxy) is 2. The number of halogens is 5. The molecule has 5 aromatic rings. The number of esters is 2. The molecule has 0 spiro atoms. The molecule has 16 heteroatoms. The number of methoxy groups -OCH3 is 2. The summed E-state index contributed by atoms with van der Waals surface area (Å²) < 4.78 is 10.5. The standard InChI is InChI=1S/C27H23Cl2IN2O4.C20H20Cl2N2O3/c1-3-15-32(26(34)19-7-4-5-10-22(19)30)18-13-11-17(12-14-18)16-23(27(35)36-2)31-25(33)24-20(28)8-6-9-21(24)29;1-3-11-23-14-9-7-13(8-10-14)12-17(20(26)27-2)24-19(25)18-15(21)5-4-6-16(18)22/h3-14,23H,1,15-16H2,2H3,(H,31,33);3-10,17,23H,1,11-12H2,2H3,(H,24,25)/t23-;17-/m00/s1. The lowest BCUT2D eigenvalue weighted by atomic mass is 10.0. The number of hydrogen-bond acceptors (Lipinski definition) is 8. The quantitative estimate of drug-likeness (QED) is 0.0475. The number of amides is 3. The molecular weight excluding hydrogens is 1000 g/mol. The van der Waals surface area contributed by atoms with Gasteiger partial charge in [-0.2, -0.15) is 0 Å². The van der Waals surface area contributed by atoms with Crippen LogP contribution >= 0.6 is 69.0 Å². The molecule has 5 aromatic carbocycles. The van der Waals surface area contributed by atoms with Gasteiger partial charge in [0, 0.05) is 40.9 Å². The Balaban J connectivity index is 0.000000288. The lowest BCUT2D eigenvalue weighted by molar-refractivity contribution is -0.143. The Labute approximate surface area is 399 Å². The minimum Gasteiger partial charge on any atom is -0.467 e. The van der Waals surface area contributed by atoms with Crippen LogP contribution < -0.4 is 20.9 Å². The Morgan fingerprint density at radius 2 is 1.08 bits per heavy atom. The molecule has 0 saturated carbocycles. The highest BCUT2D eigenvalue weighted by molar-refractivity contribution is 14.1. The molecule has 328 valence electrons. The van der Waals surface area contributed by atoms with Gasteiger partial charge in [-0.25, -0.2) is 9.59 Å². The molecule has 63 heavy (non-hydrogen) atoms. The van der Waals surface area contributed by atoms with E-state index in [-0.39, 0.29) is 50.0 Å². The van der Waals surface area contributed by atoms with E-state index in [2.05, 4.69) is 51.7 Å². The van der Waals surface area contributed by atoms with Gasteiger partial charge < -0.3 is 30.3 Å². The minimum atomic E-state index is -0.975. The molecule has 11 nitrogen and oxygen atoms in total. The van der Waals surface area contributed by atoms with Gasteiger partial charge in [0.15, 0.2) is 0 Å². The normalized spacial score (nSPS) is 11.3. The van der Waals surface area contributed by atoms with Crippen LogP contribution in [0.15, 0.2) is 135 Å². The first-order valence-electron chi connectivity index (χ1n) is 19.1. The first-order chi connectivity index (χ1) is 30.2. The minimum absolute atomic E-state index is 0.0826. The Bertz CT molecular complexity index is 2390. The van der Waals surface area contributed by atoms with Gasteiger partial charge >= 0.3 is 11.9 Å². The molecule has 0 bridgehead atoms. The van der Waals surface area contributed by atoms with Crippen LogP contribution in [0.2, 0.25) is 20.1 Å². The molecule has 0 unspecified atom stereocenters. The highest BCUT2D eigenvalue weighted by atomic mass is 127. The molecule has 0 aliphatic heterocycles. The van der Waals surface area contributed by atoms with Crippen molar-refractivity contribution in [3.05, 3.63) is 186 Å². The van der Waals surface area contributed by atoms with Gasteiger partial charge in [0.25, 0.3) is 17.7 Å². The van der Waals surface area contributed by atoms with E-state index in [1.165, 1.54) is 14.2 Å². The van der Waals surface area contributed by atoms with E-state index >= 15 is 0 Å². The van der Waals surface area contributed by atoms with E-state index in [9.17, 15) is 24.0 Å². The largest absolute Gasteiger partial charge is 0.467 e. The molecule has 2 atom stereocenters. The van der Waals surface area contributed by atoms with Gasteiger partial charge in [0.2, 0.25) is 0 Å². The van der Waals surface area contributed by atoms with Crippen molar-refractivity contribution < 1.29 is 33.4 Å². The number of benzene rings is 5. The summed E-state index contributed by atoms with van der Waals surface area (Å²) in [5.41, 5.74) is 4.01. The predicted octanol–water partition coefficient (Wildman–Crippen LogP) is 10.1. The van der Waals surface area contributed by atoms with Gasteiger partial charge in [0.05, 0.1) is 51.0 Å². The second-order valence-electron chi connectivity index (χ2n) is 13.4. The third kappa shape index (κ3) is 14.3. The van der Waals surface area contributed by atoms with Crippen molar-refractivity contribution in [1.29, 1.82) is 0 Å². The number of hydrogen-bond donors (Lipinski definition) is 3. The third-order valence-corrected chi connectivity index (χ3v) is 11.4. The van der Waals surface area contributed by atoms with Crippen LogP contribution in [-0.4, -0.2) is 69.1 Å². The maximum atomic E-state index is 13.2. The smallest absolute Gasteiger partial charge is 0.328 e. The van der Waals surface area contributed by atoms with Crippen LogP contribution in [0, 0.1) is 3.57 Å². The van der Waals surface area contributed by atoms with Crippen LogP contribution in [0.5, 0.6) is 0 Å². The van der Waals surface area contributed by atoms with Crippen LogP contribution in [0.1, 0.15) is 42.2 Å². The Kier molecular flexibility index (Phi) is 20.0. The van der Waals surface area contributed by atoms with Crippen molar-refractivity contribution in [2.45, 2.75) is 24.9 Å². The average molecular weight is 1040 g/mol. The number of nitrogens with one attached hydrogen (secondary N) is 3. The molecule has 0 radical (unpaired) electrons. The summed E-state index contributed by atoms with van der Waals surface area (Å²) in [5.74, 6) is -2.44. The molecule has 3 amide bonds. The number of carbonyl (C=O) groups is 5. The molecule has 0 aromatic heterocycles. The summed E-state index contributed by atoms with van der Waals surface area (Å²) in [4.78, 5) is 64.8. The van der Waals surface area contributed by atoms with Crippen LogP contribution in [0.4, 0.5) is 11.4 Å². The fraction of sp³-hybridized carbons (Fsp3) is 0.170. The highest BCUT2D eigenvalue weighted by Gasteiger charge is 2.27. The zero-order chi connectivity index (χ0) is 46.1. The van der Waals surface area contributed by atoms with E-state index < -0.39 is 35.8 Å². The van der Waals surface area contributed by atoms with E-state index in [0.717, 1.165) is 20.4 Å². The van der Waals surface area contributed by atoms with Gasteiger partial charge in [-0.3, -0.25) is 14.4 Å². The Hall–Kier alpha value is -5.38. The van der Waals surface area contributed by atoms with E-state index in [1.807, 2.05) is 42.5 Å². The molecule has 5 rings (SSSR count). The van der Waals surface area contributed by atoms with Crippen LogP contribution in [0.25, 0.3) is 0 Å². The van der Waals surface area contributed by atoms with E-state index in [1.54, 1.807) is 83.8 Å². The second kappa shape index (κ2) is 25.1. The summed E-state index contributed by atoms with van der Waals surface area (Å²) in [7, 11) is 2.52. The summed E-state index contributed by atoms with van der Waals surface area (Å²) in [6.45, 7) is 8.40. The average Bonchev–Trinajstić information content (AvgIpc) is 3.27. The molecule has 0 heterocycles. The summed E-state index contributed by atoms with van der Waals surface area (Å²) in [5, 5.41) is 9.24. The Morgan fingerprint density at radius 1 is 0.635 bits per heavy atom. The molecular formula is C47H43Cl4IN4O7. The van der Waals surface area contributed by atoms with E-state index in [0.29, 0.717) is 24.3 Å². The lowest BCUT2D eigenvalue weighted by Gasteiger charge is -2.23. The topological polar surface area (TPSA) is 143 Å². The van der Waals surface area contributed by atoms with Gasteiger partial charge in [0.1, 0.15) is 12.1 Å². The van der Waals surface area contributed by atoms with Gasteiger partial charge in [-0.15, -0.1) is 13.2 Å². The summed E-state index contributed by atoms with van der Waals surface area (Å²) in [6, 6.07) is 29.6. The van der Waals surface area contributed by atoms with Crippen molar-refractivity contribution in [1.82, 2.24) is 10.6 Å². The first kappa shape index (κ1) is 50.3. The Morgan fingerprint density at radius 3 is 1.49 bits per heavy atom. The molecule has 0 fully saturated rings. The van der Waals surface area contributed by atoms with Gasteiger partial charge in [-0.05, 0) is 94.4 Å². The number of anilines is 2. The highest BCUT2D eigenvalue weighted by Crippen LogP contribution is 2.26. The van der Waals surface area contributed by atoms with Crippen molar-refractivity contribution in [3.63, 3.8) is 0 Å². The maximum absolute atomic E-state index is 13.2. The van der Waals surface area contributed by atoms with Gasteiger partial charge in [-0.1, -0.05) is 107 Å². The number of rotatable bonds is 17. The molecule has 0 aliphatic rings. The SMILES string of the molecule is C=CCN(C(=O)c1ccccc1I)c1ccc(C[C@H](NC(=O)c2c(Cl)cccc2Cl)C(=O)OC)cc1.C=CCNc1ccc(C[C@H](NC(=O)c2c(Cl)cccc2Cl)C(=O)OC)cc1. The lowest BCUT2D eigenvalue weighted by Crippen LogP contribution is -2.43. The zero-order valence-electron chi connectivity index (χ0n) is 34.1. The monoisotopic (exact) mass is 1040 g/mol. The zero-order valence-corrected chi connectivity index (χ0v) is 39.3.